The molecule has 5 nitrogen and oxygen atoms in total. The summed E-state index contributed by atoms with van der Waals surface area (Å²) in [5, 5.41) is 8.27. The zero-order valence-electron chi connectivity index (χ0n) is 10.4. The van der Waals surface area contributed by atoms with Crippen molar-refractivity contribution in [2.45, 2.75) is 11.1 Å². The quantitative estimate of drug-likeness (QED) is 0.781. The third-order valence-electron chi connectivity index (χ3n) is 2.41. The van der Waals surface area contributed by atoms with E-state index in [9.17, 15) is 21.6 Å². The molecule has 1 aromatic carbocycles. The van der Waals surface area contributed by atoms with E-state index in [4.69, 9.17) is 34.0 Å². The fourth-order valence-corrected chi connectivity index (χ4v) is 3.64. The SMILES string of the molecule is Nc1c(Cl)ccc(S(=O)(=O)N(CCO)CC(F)(F)F)c1Cl. The second-order valence-electron chi connectivity index (χ2n) is 3.95. The molecule has 0 heterocycles. The van der Waals surface area contributed by atoms with Gasteiger partial charge in [-0.15, -0.1) is 0 Å². The minimum absolute atomic E-state index is 0.0246. The smallest absolute Gasteiger partial charge is 0.396 e. The molecule has 3 N–H and O–H groups in total. The fourth-order valence-electron chi connectivity index (χ4n) is 1.48. The summed E-state index contributed by atoms with van der Waals surface area (Å²) in [6, 6.07) is 2.07. The molecule has 1 aromatic rings. The van der Waals surface area contributed by atoms with E-state index in [0.29, 0.717) is 0 Å². The molecule has 0 unspecified atom stereocenters. The maximum Gasteiger partial charge on any atom is 0.402 e. The number of aliphatic hydroxyl groups is 1. The Hall–Kier alpha value is -0.740. The number of aliphatic hydroxyl groups excluding tert-OH is 1. The number of nitrogens with zero attached hydrogens (tertiary/aromatic N) is 1. The van der Waals surface area contributed by atoms with Crippen molar-refractivity contribution in [3.63, 3.8) is 0 Å². The molecular formula is C10H11Cl2F3N2O3S. The van der Waals surface area contributed by atoms with Gasteiger partial charge >= 0.3 is 6.18 Å². The molecule has 0 aliphatic rings. The Morgan fingerprint density at radius 2 is 1.86 bits per heavy atom. The summed E-state index contributed by atoms with van der Waals surface area (Å²) in [5.74, 6) is 0. The average molecular weight is 367 g/mol. The lowest BCUT2D eigenvalue weighted by Gasteiger charge is -2.23. The van der Waals surface area contributed by atoms with Crippen LogP contribution in [0.15, 0.2) is 17.0 Å². The highest BCUT2D eigenvalue weighted by atomic mass is 35.5. The van der Waals surface area contributed by atoms with Crippen LogP contribution in [-0.2, 0) is 10.0 Å². The van der Waals surface area contributed by atoms with Crippen LogP contribution in [0.25, 0.3) is 0 Å². The second-order valence-corrected chi connectivity index (χ2v) is 6.64. The highest BCUT2D eigenvalue weighted by Crippen LogP contribution is 2.35. The Labute approximate surface area is 129 Å². The Kier molecular flexibility index (Phi) is 5.73. The number of anilines is 1. The van der Waals surface area contributed by atoms with Gasteiger partial charge < -0.3 is 10.8 Å². The summed E-state index contributed by atoms with van der Waals surface area (Å²) in [7, 11) is -4.58. The van der Waals surface area contributed by atoms with Crippen LogP contribution in [0.3, 0.4) is 0 Å². The zero-order chi connectivity index (χ0) is 16.4. The molecule has 0 atom stereocenters. The first kappa shape index (κ1) is 18.3. The number of sulfonamides is 1. The summed E-state index contributed by atoms with van der Waals surface area (Å²) in [6.07, 6.45) is -4.77. The van der Waals surface area contributed by atoms with Crippen molar-refractivity contribution in [3.05, 3.63) is 22.2 Å². The van der Waals surface area contributed by atoms with Gasteiger partial charge in [-0.1, -0.05) is 23.2 Å². The summed E-state index contributed by atoms with van der Waals surface area (Å²) in [4.78, 5) is -0.608. The number of benzene rings is 1. The Morgan fingerprint density at radius 3 is 2.33 bits per heavy atom. The highest BCUT2D eigenvalue weighted by Gasteiger charge is 2.37. The number of nitrogen functional groups attached to an aromatic ring is 1. The first-order valence-corrected chi connectivity index (χ1v) is 7.61. The minimum Gasteiger partial charge on any atom is -0.396 e. The largest absolute Gasteiger partial charge is 0.402 e. The van der Waals surface area contributed by atoms with Crippen molar-refractivity contribution in [1.82, 2.24) is 4.31 Å². The van der Waals surface area contributed by atoms with E-state index in [2.05, 4.69) is 0 Å². The molecule has 0 fully saturated rings. The van der Waals surface area contributed by atoms with Crippen LogP contribution in [0.4, 0.5) is 18.9 Å². The van der Waals surface area contributed by atoms with Gasteiger partial charge in [0.2, 0.25) is 10.0 Å². The van der Waals surface area contributed by atoms with Crippen LogP contribution < -0.4 is 5.73 Å². The van der Waals surface area contributed by atoms with Crippen molar-refractivity contribution >= 4 is 38.9 Å². The lowest BCUT2D eigenvalue weighted by atomic mass is 10.3. The first-order chi connectivity index (χ1) is 9.50. The van der Waals surface area contributed by atoms with E-state index in [-0.39, 0.29) is 15.0 Å². The maximum absolute atomic E-state index is 12.5. The van der Waals surface area contributed by atoms with E-state index < -0.39 is 45.8 Å². The molecule has 0 aliphatic heterocycles. The third-order valence-corrected chi connectivity index (χ3v) is 5.15. The molecular weight excluding hydrogens is 356 g/mol. The van der Waals surface area contributed by atoms with Gasteiger partial charge in [-0.3, -0.25) is 0 Å². The molecule has 0 saturated heterocycles. The zero-order valence-corrected chi connectivity index (χ0v) is 12.7. The molecule has 0 saturated carbocycles. The van der Waals surface area contributed by atoms with Crippen LogP contribution in [0.5, 0.6) is 0 Å². The summed E-state index contributed by atoms with van der Waals surface area (Å²) < 4.78 is 61.9. The van der Waals surface area contributed by atoms with Crippen molar-refractivity contribution < 1.29 is 26.7 Å². The van der Waals surface area contributed by atoms with Crippen molar-refractivity contribution in [1.29, 1.82) is 0 Å². The number of hydrogen-bond donors (Lipinski definition) is 2. The van der Waals surface area contributed by atoms with Gasteiger partial charge in [0, 0.05) is 6.54 Å². The topological polar surface area (TPSA) is 83.6 Å². The number of halogens is 5. The molecule has 0 amide bonds. The van der Waals surface area contributed by atoms with E-state index in [0.717, 1.165) is 12.1 Å². The van der Waals surface area contributed by atoms with Gasteiger partial charge in [0.05, 0.1) is 22.3 Å². The van der Waals surface area contributed by atoms with Crippen molar-refractivity contribution in [3.8, 4) is 0 Å². The van der Waals surface area contributed by atoms with E-state index in [1.165, 1.54) is 0 Å². The normalized spacial score (nSPS) is 12.9. The summed E-state index contributed by atoms with van der Waals surface area (Å²) in [5.41, 5.74) is 5.21. The van der Waals surface area contributed by atoms with E-state index in [1.807, 2.05) is 0 Å². The van der Waals surface area contributed by atoms with Crippen molar-refractivity contribution in [2.24, 2.45) is 0 Å². The van der Waals surface area contributed by atoms with Crippen LogP contribution in [0.1, 0.15) is 0 Å². The van der Waals surface area contributed by atoms with E-state index in [1.54, 1.807) is 0 Å². The molecule has 21 heavy (non-hydrogen) atoms. The molecule has 0 aromatic heterocycles. The van der Waals surface area contributed by atoms with Crippen LogP contribution in [0, 0.1) is 0 Å². The second kappa shape index (κ2) is 6.57. The molecule has 0 spiro atoms. The number of hydrogen-bond acceptors (Lipinski definition) is 4. The first-order valence-electron chi connectivity index (χ1n) is 5.42. The van der Waals surface area contributed by atoms with Gasteiger partial charge in [0.25, 0.3) is 0 Å². The summed E-state index contributed by atoms with van der Waals surface area (Å²) >= 11 is 11.4. The molecule has 120 valence electrons. The predicted octanol–water partition coefficient (Wildman–Crippen LogP) is 2.12. The van der Waals surface area contributed by atoms with Crippen LogP contribution in [-0.4, -0.2) is 43.7 Å². The lowest BCUT2D eigenvalue weighted by molar-refractivity contribution is -0.136. The standard InChI is InChI=1S/C10H11Cl2F3N2O3S/c11-6-1-2-7(8(12)9(6)16)21(19,20)17(3-4-18)5-10(13,14)15/h1-2,18H,3-5,16H2. The molecule has 1 rings (SSSR count). The predicted molar refractivity (Wildman–Crippen MR) is 72.8 cm³/mol. The number of rotatable bonds is 5. The Morgan fingerprint density at radius 1 is 1.29 bits per heavy atom. The fraction of sp³-hybridized carbons (Fsp3) is 0.400. The third kappa shape index (κ3) is 4.36. The van der Waals surface area contributed by atoms with Gasteiger partial charge in [-0.05, 0) is 12.1 Å². The number of nitrogens with two attached hydrogens (primary N) is 1. The molecule has 0 bridgehead atoms. The van der Waals surface area contributed by atoms with Crippen LogP contribution in [0.2, 0.25) is 10.0 Å². The Balaban J connectivity index is 3.33. The van der Waals surface area contributed by atoms with Gasteiger partial charge in [0.15, 0.2) is 0 Å². The maximum atomic E-state index is 12.5. The lowest BCUT2D eigenvalue weighted by Crippen LogP contribution is -2.40. The van der Waals surface area contributed by atoms with Gasteiger partial charge in [-0.2, -0.15) is 17.5 Å². The average Bonchev–Trinajstić information content (AvgIpc) is 2.33. The van der Waals surface area contributed by atoms with Crippen LogP contribution >= 0.6 is 23.2 Å². The van der Waals surface area contributed by atoms with E-state index >= 15 is 0 Å². The minimum atomic E-state index is -4.77. The molecule has 11 heteroatoms. The Bertz CT molecular complexity index is 623. The molecule has 0 aliphatic carbocycles. The molecule has 0 radical (unpaired) electrons. The van der Waals surface area contributed by atoms with Gasteiger partial charge in [-0.25, -0.2) is 8.42 Å². The van der Waals surface area contributed by atoms with Crippen molar-refractivity contribution in [2.75, 3.05) is 25.4 Å². The van der Waals surface area contributed by atoms with Gasteiger partial charge in [0.1, 0.15) is 11.4 Å². The number of alkyl halides is 3. The summed E-state index contributed by atoms with van der Waals surface area (Å²) in [6.45, 7) is -3.27. The highest BCUT2D eigenvalue weighted by molar-refractivity contribution is 7.89. The monoisotopic (exact) mass is 366 g/mol.